The Hall–Kier alpha value is -1.51. The van der Waals surface area contributed by atoms with Crippen molar-refractivity contribution < 1.29 is 17.9 Å². The maximum absolute atomic E-state index is 13.2. The Morgan fingerprint density at radius 3 is 2.30 bits per heavy atom. The van der Waals surface area contributed by atoms with Gasteiger partial charge in [0.2, 0.25) is 15.9 Å². The van der Waals surface area contributed by atoms with Crippen LogP contribution < -0.4 is 10.5 Å². The minimum absolute atomic E-state index is 0.00289. The Balaban J connectivity index is 1.85. The molecule has 162 valence electrons. The first-order valence-electron chi connectivity index (χ1n) is 9.23. The van der Waals surface area contributed by atoms with Crippen LogP contribution in [0.15, 0.2) is 47.4 Å². The van der Waals surface area contributed by atoms with Gasteiger partial charge < -0.3 is 10.5 Å². The minimum atomic E-state index is -3.86. The van der Waals surface area contributed by atoms with E-state index in [0.717, 1.165) is 0 Å². The van der Waals surface area contributed by atoms with Gasteiger partial charge in [0.25, 0.3) is 0 Å². The zero-order valence-electron chi connectivity index (χ0n) is 16.0. The summed E-state index contributed by atoms with van der Waals surface area (Å²) in [4.78, 5) is 11.8. The summed E-state index contributed by atoms with van der Waals surface area (Å²) >= 11 is 17.9. The molecule has 2 N–H and O–H groups in total. The largest absolute Gasteiger partial charge is 0.493 e. The average molecular weight is 492 g/mol. The summed E-state index contributed by atoms with van der Waals surface area (Å²) in [6, 6.07) is 11.0. The van der Waals surface area contributed by atoms with E-state index in [-0.39, 0.29) is 34.5 Å². The molecule has 1 fully saturated rings. The van der Waals surface area contributed by atoms with Crippen molar-refractivity contribution in [2.75, 3.05) is 19.7 Å². The molecule has 2 aromatic carbocycles. The fourth-order valence-corrected chi connectivity index (χ4v) is 6.09. The van der Waals surface area contributed by atoms with Crippen LogP contribution in [0.2, 0.25) is 15.1 Å². The number of primary amides is 1. The van der Waals surface area contributed by atoms with Crippen LogP contribution in [0.1, 0.15) is 19.3 Å². The van der Waals surface area contributed by atoms with Crippen LogP contribution in [0, 0.1) is 5.41 Å². The van der Waals surface area contributed by atoms with E-state index in [0.29, 0.717) is 30.2 Å². The lowest BCUT2D eigenvalue weighted by Gasteiger charge is -2.41. The number of benzene rings is 2. The van der Waals surface area contributed by atoms with Crippen molar-refractivity contribution in [2.24, 2.45) is 11.1 Å². The number of halogens is 3. The molecule has 0 unspecified atom stereocenters. The lowest BCUT2D eigenvalue weighted by Crippen LogP contribution is -2.50. The first-order valence-corrected chi connectivity index (χ1v) is 11.8. The van der Waals surface area contributed by atoms with Gasteiger partial charge in [0.15, 0.2) is 0 Å². The number of carbonyl (C=O) groups is 1. The zero-order valence-corrected chi connectivity index (χ0v) is 19.1. The molecule has 0 spiro atoms. The molecule has 0 bridgehead atoms. The normalized spacial score (nSPS) is 20.1. The maximum Gasteiger partial charge on any atom is 0.243 e. The molecular formula is C20H21Cl3N2O4S. The van der Waals surface area contributed by atoms with Gasteiger partial charge in [0.05, 0.1) is 11.5 Å². The van der Waals surface area contributed by atoms with Gasteiger partial charge in [0, 0.05) is 40.0 Å². The van der Waals surface area contributed by atoms with E-state index >= 15 is 0 Å². The highest BCUT2D eigenvalue weighted by molar-refractivity contribution is 7.89. The maximum atomic E-state index is 13.2. The fraction of sp³-hybridized carbons (Fsp3) is 0.350. The van der Waals surface area contributed by atoms with Crippen LogP contribution in [0.25, 0.3) is 0 Å². The van der Waals surface area contributed by atoms with E-state index in [1.807, 2.05) is 0 Å². The molecule has 0 aromatic heterocycles. The third-order valence-corrected chi connectivity index (χ3v) is 7.52. The quantitative estimate of drug-likeness (QED) is 0.623. The number of ether oxygens (including phenoxy) is 1. The number of rotatable bonds is 7. The number of hydrogen-bond donors (Lipinski definition) is 1. The van der Waals surface area contributed by atoms with Gasteiger partial charge in [-0.1, -0.05) is 34.8 Å². The van der Waals surface area contributed by atoms with Crippen LogP contribution in [0.5, 0.6) is 5.75 Å². The Morgan fingerprint density at radius 1 is 1.07 bits per heavy atom. The van der Waals surface area contributed by atoms with E-state index in [2.05, 4.69) is 0 Å². The number of sulfonamides is 1. The Kier molecular flexibility index (Phi) is 7.20. The Morgan fingerprint density at radius 2 is 1.70 bits per heavy atom. The van der Waals surface area contributed by atoms with Crippen LogP contribution >= 0.6 is 34.8 Å². The molecule has 1 atom stereocenters. The highest BCUT2D eigenvalue weighted by Gasteiger charge is 2.42. The number of piperidine rings is 1. The molecule has 1 heterocycles. The van der Waals surface area contributed by atoms with Gasteiger partial charge in [-0.25, -0.2) is 8.42 Å². The van der Waals surface area contributed by atoms with Crippen molar-refractivity contribution in [3.8, 4) is 5.75 Å². The zero-order chi connectivity index (χ0) is 21.9. The van der Waals surface area contributed by atoms with Crippen molar-refractivity contribution in [3.05, 3.63) is 57.5 Å². The number of amides is 1. The third-order valence-electron chi connectivity index (χ3n) is 5.01. The van der Waals surface area contributed by atoms with Gasteiger partial charge >= 0.3 is 0 Å². The summed E-state index contributed by atoms with van der Waals surface area (Å²) in [5.41, 5.74) is 4.74. The standard InChI is InChI=1S/C20H21Cl3N2O4S/c21-14-2-4-17(5-3-14)29-13-20(11-19(24)26)6-1-7-25(12-20)30(27,28)18-9-15(22)8-16(23)10-18/h2-5,8-10H,1,6-7,11-13H2,(H2,24,26)/t20-/m0/s1. The third kappa shape index (κ3) is 5.59. The van der Waals surface area contributed by atoms with Gasteiger partial charge in [-0.05, 0) is 55.3 Å². The Labute approximate surface area is 190 Å². The monoisotopic (exact) mass is 490 g/mol. The summed E-state index contributed by atoms with van der Waals surface area (Å²) in [6.45, 7) is 0.545. The molecule has 10 heteroatoms. The number of nitrogens with two attached hydrogens (primary N) is 1. The van der Waals surface area contributed by atoms with Crippen LogP contribution in [-0.2, 0) is 14.8 Å². The summed E-state index contributed by atoms with van der Waals surface area (Å²) in [7, 11) is -3.86. The molecule has 6 nitrogen and oxygen atoms in total. The molecule has 30 heavy (non-hydrogen) atoms. The summed E-state index contributed by atoms with van der Waals surface area (Å²) in [5, 5.41) is 1.03. The second-order valence-electron chi connectivity index (χ2n) is 7.43. The smallest absolute Gasteiger partial charge is 0.243 e. The number of carbonyl (C=O) groups excluding carboxylic acids is 1. The topological polar surface area (TPSA) is 89.7 Å². The number of hydrogen-bond acceptors (Lipinski definition) is 4. The van der Waals surface area contributed by atoms with E-state index in [1.165, 1.54) is 22.5 Å². The SMILES string of the molecule is NC(=O)C[C@@]1(COc2ccc(Cl)cc2)CCCN(S(=O)(=O)c2cc(Cl)cc(Cl)c2)C1. The molecule has 0 radical (unpaired) electrons. The average Bonchev–Trinajstić information content (AvgIpc) is 2.66. The molecule has 1 saturated heterocycles. The van der Waals surface area contributed by atoms with E-state index in [1.54, 1.807) is 24.3 Å². The van der Waals surface area contributed by atoms with E-state index in [9.17, 15) is 13.2 Å². The van der Waals surface area contributed by atoms with Crippen LogP contribution in [0.4, 0.5) is 0 Å². The predicted molar refractivity (Wildman–Crippen MR) is 118 cm³/mol. The highest BCUT2D eigenvalue weighted by atomic mass is 35.5. The van der Waals surface area contributed by atoms with Crippen LogP contribution in [-0.4, -0.2) is 38.3 Å². The van der Waals surface area contributed by atoms with E-state index < -0.39 is 21.3 Å². The molecule has 1 aliphatic heterocycles. The van der Waals surface area contributed by atoms with Crippen LogP contribution in [0.3, 0.4) is 0 Å². The molecule has 0 aliphatic carbocycles. The fourth-order valence-electron chi connectivity index (χ4n) is 3.64. The predicted octanol–water partition coefficient (Wildman–Crippen LogP) is 4.37. The Bertz CT molecular complexity index is 1010. The summed E-state index contributed by atoms with van der Waals surface area (Å²) in [6.07, 6.45) is 1.17. The lowest BCUT2D eigenvalue weighted by atomic mass is 9.78. The molecule has 3 rings (SSSR count). The van der Waals surface area contributed by atoms with Gasteiger partial charge in [-0.15, -0.1) is 0 Å². The first-order chi connectivity index (χ1) is 14.1. The van der Waals surface area contributed by atoms with Gasteiger partial charge in [0.1, 0.15) is 5.75 Å². The van der Waals surface area contributed by atoms with Crippen molar-refractivity contribution in [1.82, 2.24) is 4.31 Å². The van der Waals surface area contributed by atoms with E-state index in [4.69, 9.17) is 45.3 Å². The van der Waals surface area contributed by atoms with Crippen molar-refractivity contribution in [1.29, 1.82) is 0 Å². The minimum Gasteiger partial charge on any atom is -0.493 e. The second-order valence-corrected chi connectivity index (χ2v) is 10.7. The summed E-state index contributed by atoms with van der Waals surface area (Å²) < 4.78 is 33.6. The molecular weight excluding hydrogens is 471 g/mol. The molecule has 1 aliphatic rings. The van der Waals surface area contributed by atoms with Gasteiger partial charge in [-0.3, -0.25) is 4.79 Å². The molecule has 1 amide bonds. The van der Waals surface area contributed by atoms with Crippen molar-refractivity contribution >= 4 is 50.7 Å². The second kappa shape index (κ2) is 9.32. The molecule has 0 saturated carbocycles. The summed E-state index contributed by atoms with van der Waals surface area (Å²) in [5.74, 6) is 0.0598. The van der Waals surface area contributed by atoms with Crippen molar-refractivity contribution in [2.45, 2.75) is 24.2 Å². The van der Waals surface area contributed by atoms with Crippen molar-refractivity contribution in [3.63, 3.8) is 0 Å². The highest BCUT2D eigenvalue weighted by Crippen LogP contribution is 2.37. The molecule has 2 aromatic rings. The number of nitrogens with zero attached hydrogens (tertiary/aromatic N) is 1. The van der Waals surface area contributed by atoms with Gasteiger partial charge in [-0.2, -0.15) is 4.31 Å². The lowest BCUT2D eigenvalue weighted by molar-refractivity contribution is -0.121. The first kappa shape index (κ1) is 23.2.